The van der Waals surface area contributed by atoms with Crippen molar-refractivity contribution in [1.29, 1.82) is 0 Å². The summed E-state index contributed by atoms with van der Waals surface area (Å²) in [5, 5.41) is 5.44. The molecule has 4 saturated heterocycles. The van der Waals surface area contributed by atoms with Gasteiger partial charge in [0.15, 0.2) is 0 Å². The number of ether oxygens (including phenoxy) is 2. The summed E-state index contributed by atoms with van der Waals surface area (Å²) >= 11 is 1.75. The predicted molar refractivity (Wildman–Crippen MR) is 202 cm³/mol. The number of H-pyrrole nitrogens is 2. The number of benzene rings is 3. The van der Waals surface area contributed by atoms with Crippen LogP contribution in [0.3, 0.4) is 0 Å². The molecule has 4 aliphatic heterocycles. The molecule has 0 saturated carbocycles. The predicted octanol–water partition coefficient (Wildman–Crippen LogP) is 5.78. The van der Waals surface area contributed by atoms with Gasteiger partial charge in [-0.2, -0.15) is 0 Å². The monoisotopic (exact) mass is 748 g/mol. The lowest BCUT2D eigenvalue weighted by Gasteiger charge is -2.37. The Morgan fingerprint density at radius 1 is 0.667 bits per heavy atom. The van der Waals surface area contributed by atoms with Crippen molar-refractivity contribution in [2.45, 2.75) is 74.1 Å². The van der Waals surface area contributed by atoms with E-state index in [0.717, 1.165) is 87.4 Å². The van der Waals surface area contributed by atoms with Crippen molar-refractivity contribution >= 4 is 57.8 Å². The average Bonchev–Trinajstić information content (AvgIpc) is 4.00. The first-order chi connectivity index (χ1) is 26.3. The van der Waals surface area contributed by atoms with Crippen LogP contribution in [0, 0.1) is 0 Å². The number of thioether (sulfide) groups is 1. The van der Waals surface area contributed by atoms with Crippen molar-refractivity contribution in [3.8, 4) is 22.3 Å². The molecular formula is C39H40N8O6S. The number of piperidine rings is 2. The Hall–Kier alpha value is -5.57. The van der Waals surface area contributed by atoms with Gasteiger partial charge in [-0.05, 0) is 85.0 Å². The zero-order valence-electron chi connectivity index (χ0n) is 29.8. The summed E-state index contributed by atoms with van der Waals surface area (Å²) in [5.41, 5.74) is 7.66. The fourth-order valence-electron chi connectivity index (χ4n) is 8.59. The van der Waals surface area contributed by atoms with Crippen molar-refractivity contribution in [2.24, 2.45) is 0 Å². The van der Waals surface area contributed by atoms with Crippen LogP contribution in [0.5, 0.6) is 0 Å². The number of carbonyl (C=O) groups excluding carboxylic acids is 4. The number of aromatic nitrogens is 4. The van der Waals surface area contributed by atoms with E-state index in [-0.39, 0.29) is 35.3 Å². The zero-order chi connectivity index (χ0) is 37.1. The highest BCUT2D eigenvalue weighted by Gasteiger charge is 2.47. The number of carbonyl (C=O) groups is 4. The highest BCUT2D eigenvalue weighted by atomic mass is 32.2. The molecule has 278 valence electrons. The van der Waals surface area contributed by atoms with Crippen molar-refractivity contribution < 1.29 is 28.7 Å². The van der Waals surface area contributed by atoms with Crippen LogP contribution < -0.4 is 10.6 Å². The molecule has 15 heteroatoms. The second kappa shape index (κ2) is 13.7. The molecule has 4 fully saturated rings. The Morgan fingerprint density at radius 2 is 1.17 bits per heavy atom. The number of imidazole rings is 2. The van der Waals surface area contributed by atoms with E-state index >= 15 is 0 Å². The smallest absolute Gasteiger partial charge is 0.407 e. The third-order valence-electron chi connectivity index (χ3n) is 11.3. The third kappa shape index (κ3) is 5.99. The Bertz CT molecular complexity index is 2130. The van der Waals surface area contributed by atoms with Gasteiger partial charge >= 0.3 is 12.2 Å². The van der Waals surface area contributed by atoms with Gasteiger partial charge in [0.05, 0.1) is 47.7 Å². The van der Waals surface area contributed by atoms with Crippen LogP contribution in [-0.4, -0.2) is 97.2 Å². The Morgan fingerprint density at radius 3 is 1.74 bits per heavy atom. The molecule has 0 radical (unpaired) electrons. The number of hydrogen-bond donors (Lipinski definition) is 4. The Balaban J connectivity index is 0.911. The van der Waals surface area contributed by atoms with Crippen LogP contribution in [0.1, 0.15) is 62.3 Å². The number of alkyl carbamates (subject to hydrolysis) is 2. The molecule has 54 heavy (non-hydrogen) atoms. The maximum absolute atomic E-state index is 13.4. The summed E-state index contributed by atoms with van der Waals surface area (Å²) in [6.45, 7) is 0. The molecule has 4 N–H and O–H groups in total. The largest absolute Gasteiger partial charge is 0.453 e. The van der Waals surface area contributed by atoms with Gasteiger partial charge in [-0.3, -0.25) is 9.59 Å². The number of amides is 4. The van der Waals surface area contributed by atoms with E-state index in [1.165, 1.54) is 14.2 Å². The van der Waals surface area contributed by atoms with E-state index in [0.29, 0.717) is 12.8 Å². The molecule has 4 amide bonds. The second-order valence-corrected chi connectivity index (χ2v) is 15.6. The van der Waals surface area contributed by atoms with Gasteiger partial charge in [-0.1, -0.05) is 36.4 Å². The Kier molecular flexibility index (Phi) is 8.67. The number of nitrogens with zero attached hydrogens (tertiary/aromatic N) is 4. The third-order valence-corrected chi connectivity index (χ3v) is 12.7. The standard InChI is InChI=1S/C39H40N8O6S/c1-52-38(50)44-27-13-9-24-10-15-31(46(24)36(27)48)34-40-25-11-7-22(17-29(25)42-34)20-3-5-21(6-4-20)23-8-12-26-30(18-23)43-35(41-26)32-19-54-33-16-14-28(37(49)47(32)33)45-39(51)53-2/h3-8,11-12,17-18,24,27-28,31-33H,9-10,13-16,19H2,1-2H3,(H,40,42)(H,41,43)(H,44,50)(H,45,51)/t24-,27-,28-,31-,32-,33+/m0/s1. The maximum Gasteiger partial charge on any atom is 0.407 e. The fourth-order valence-corrected chi connectivity index (χ4v) is 10.0. The lowest BCUT2D eigenvalue weighted by molar-refractivity contribution is -0.140. The number of methoxy groups -OCH3 is 2. The van der Waals surface area contributed by atoms with E-state index in [9.17, 15) is 19.2 Å². The van der Waals surface area contributed by atoms with E-state index in [4.69, 9.17) is 19.4 Å². The summed E-state index contributed by atoms with van der Waals surface area (Å²) in [5.74, 6) is 2.05. The number of rotatable bonds is 6. The number of hydrogen-bond acceptors (Lipinski definition) is 9. The molecule has 9 rings (SSSR count). The number of fused-ring (bicyclic) bond motifs is 4. The minimum atomic E-state index is -0.605. The topological polar surface area (TPSA) is 175 Å². The van der Waals surface area contributed by atoms with Gasteiger partial charge in [0.25, 0.3) is 0 Å². The average molecular weight is 749 g/mol. The molecule has 0 unspecified atom stereocenters. The first-order valence-corrected chi connectivity index (χ1v) is 19.4. The molecule has 2 aromatic heterocycles. The summed E-state index contributed by atoms with van der Waals surface area (Å²) in [7, 11) is 2.60. The lowest BCUT2D eigenvalue weighted by atomic mass is 9.98. The molecule has 5 aromatic rings. The summed E-state index contributed by atoms with van der Waals surface area (Å²) in [4.78, 5) is 71.1. The molecule has 3 aromatic carbocycles. The first-order valence-electron chi connectivity index (χ1n) is 18.3. The minimum Gasteiger partial charge on any atom is -0.453 e. The minimum absolute atomic E-state index is 0.0584. The lowest BCUT2D eigenvalue weighted by Crippen LogP contribution is -2.54. The molecule has 0 bridgehead atoms. The summed E-state index contributed by atoms with van der Waals surface area (Å²) in [6.07, 6.45) is 3.33. The van der Waals surface area contributed by atoms with E-state index in [2.05, 4.69) is 69.1 Å². The highest BCUT2D eigenvalue weighted by molar-refractivity contribution is 8.00. The van der Waals surface area contributed by atoms with E-state index < -0.39 is 24.3 Å². The van der Waals surface area contributed by atoms with Crippen LogP contribution in [0.2, 0.25) is 0 Å². The molecule has 6 atom stereocenters. The van der Waals surface area contributed by atoms with Gasteiger partial charge in [-0.25, -0.2) is 19.6 Å². The van der Waals surface area contributed by atoms with Crippen LogP contribution in [0.15, 0.2) is 60.7 Å². The number of nitrogens with one attached hydrogen (secondary N) is 4. The summed E-state index contributed by atoms with van der Waals surface area (Å²) < 4.78 is 9.47. The number of aromatic amines is 2. The van der Waals surface area contributed by atoms with Crippen LogP contribution in [0.25, 0.3) is 44.3 Å². The molecule has 0 spiro atoms. The highest BCUT2D eigenvalue weighted by Crippen LogP contribution is 2.44. The molecule has 14 nitrogen and oxygen atoms in total. The second-order valence-electron chi connectivity index (χ2n) is 14.4. The maximum atomic E-state index is 13.4. The summed E-state index contributed by atoms with van der Waals surface area (Å²) in [6, 6.07) is 19.3. The van der Waals surface area contributed by atoms with Gasteiger partial charge in [0.1, 0.15) is 29.8 Å². The van der Waals surface area contributed by atoms with Crippen molar-refractivity contribution in [2.75, 3.05) is 20.0 Å². The van der Waals surface area contributed by atoms with Crippen molar-refractivity contribution in [3.05, 3.63) is 72.3 Å². The van der Waals surface area contributed by atoms with E-state index in [1.807, 2.05) is 21.9 Å². The van der Waals surface area contributed by atoms with Gasteiger partial charge in [0.2, 0.25) is 11.8 Å². The molecule has 0 aliphatic carbocycles. The fraction of sp³-hybridized carbons (Fsp3) is 0.385. The van der Waals surface area contributed by atoms with Crippen molar-refractivity contribution in [3.63, 3.8) is 0 Å². The normalized spacial score (nSPS) is 25.1. The van der Waals surface area contributed by atoms with Gasteiger partial charge in [0, 0.05) is 11.8 Å². The Labute approximate surface area is 314 Å². The van der Waals surface area contributed by atoms with E-state index in [1.54, 1.807) is 11.8 Å². The van der Waals surface area contributed by atoms with Crippen LogP contribution in [-0.2, 0) is 19.1 Å². The molecule has 6 heterocycles. The molecule has 4 aliphatic rings. The van der Waals surface area contributed by atoms with Gasteiger partial charge in [-0.15, -0.1) is 11.8 Å². The van der Waals surface area contributed by atoms with Crippen LogP contribution in [0.4, 0.5) is 9.59 Å². The van der Waals surface area contributed by atoms with Crippen molar-refractivity contribution in [1.82, 2.24) is 40.4 Å². The first kappa shape index (κ1) is 34.2. The SMILES string of the molecule is COC(=O)N[C@H]1CC[C@H]2CC[C@@H](c3nc4ccc(-c5ccc(-c6ccc7nc([C@@H]8CS[C@@H]9CC[C@H](NC(=O)OC)C(=O)N98)[nH]c7c6)cc5)cc4[nH]3)N2C1=O. The van der Waals surface area contributed by atoms with Crippen LogP contribution >= 0.6 is 11.8 Å². The van der Waals surface area contributed by atoms with Gasteiger partial charge < -0.3 is 39.9 Å². The zero-order valence-corrected chi connectivity index (χ0v) is 30.7. The quantitative estimate of drug-likeness (QED) is 0.168. The molecular weight excluding hydrogens is 709 g/mol.